The van der Waals surface area contributed by atoms with E-state index in [1.807, 2.05) is 12.2 Å². The maximum atomic E-state index is 10.3. The first-order valence-electron chi connectivity index (χ1n) is 7.95. The lowest BCUT2D eigenvalue weighted by atomic mass is 9.71. The molecular formula is C18H30O2Si. The molecule has 3 heteroatoms. The van der Waals surface area contributed by atoms with E-state index in [0.717, 1.165) is 19.1 Å². The molecule has 1 aliphatic rings. The van der Waals surface area contributed by atoms with Crippen LogP contribution in [0.3, 0.4) is 0 Å². The second-order valence-corrected chi connectivity index (χ2v) is 9.52. The van der Waals surface area contributed by atoms with Gasteiger partial charge < -0.3 is 4.43 Å². The summed E-state index contributed by atoms with van der Waals surface area (Å²) < 4.78 is 6.41. The van der Waals surface area contributed by atoms with Crippen molar-refractivity contribution in [2.75, 3.05) is 0 Å². The van der Waals surface area contributed by atoms with Gasteiger partial charge in [0.25, 0.3) is 0 Å². The Hall–Kier alpha value is -0.933. The first kappa shape index (κ1) is 18.1. The first-order valence-corrected chi connectivity index (χ1v) is 10.7. The fraction of sp³-hybridized carbons (Fsp3) is 0.611. The van der Waals surface area contributed by atoms with Crippen LogP contribution in [0.15, 0.2) is 36.5 Å². The molecule has 0 aliphatic heterocycles. The topological polar surface area (TPSA) is 26.3 Å². The molecule has 21 heavy (non-hydrogen) atoms. The summed E-state index contributed by atoms with van der Waals surface area (Å²) in [4.78, 5) is 10.3. The molecule has 3 atom stereocenters. The third kappa shape index (κ3) is 6.14. The highest BCUT2D eigenvalue weighted by Crippen LogP contribution is 2.39. The van der Waals surface area contributed by atoms with Gasteiger partial charge in [0.05, 0.1) is 6.10 Å². The molecule has 2 nitrogen and oxygen atoms in total. The van der Waals surface area contributed by atoms with Crippen LogP contribution < -0.4 is 0 Å². The van der Waals surface area contributed by atoms with Crippen molar-refractivity contribution in [3.63, 3.8) is 0 Å². The van der Waals surface area contributed by atoms with Gasteiger partial charge in [0, 0.05) is 0 Å². The number of rotatable bonds is 6. The highest BCUT2D eigenvalue weighted by atomic mass is 28.3. The third-order valence-corrected chi connectivity index (χ3v) is 4.69. The predicted octanol–water partition coefficient (Wildman–Crippen LogP) is 4.29. The molecule has 0 saturated heterocycles. The molecule has 0 heterocycles. The smallest absolute Gasteiger partial charge is 0.171 e. The van der Waals surface area contributed by atoms with E-state index in [9.17, 15) is 4.79 Å². The number of hydrogen-bond acceptors (Lipinski definition) is 2. The van der Waals surface area contributed by atoms with Crippen LogP contribution >= 0.6 is 0 Å². The van der Waals surface area contributed by atoms with E-state index < -0.39 is 9.04 Å². The Kier molecular flexibility index (Phi) is 7.33. The second kappa shape index (κ2) is 8.50. The SMILES string of the molecule is C[SiH](C)OC([C@@H]1CC=CC[C@@H]1C=CC=CC=O)C(C)(C)C. The highest BCUT2D eigenvalue weighted by Gasteiger charge is 2.37. The number of allylic oxidation sites excluding steroid dienone is 6. The van der Waals surface area contributed by atoms with Crippen molar-refractivity contribution < 1.29 is 9.22 Å². The van der Waals surface area contributed by atoms with E-state index in [2.05, 4.69) is 52.1 Å². The molecule has 0 bridgehead atoms. The third-order valence-electron chi connectivity index (χ3n) is 3.85. The van der Waals surface area contributed by atoms with Gasteiger partial charge in [-0.3, -0.25) is 4.79 Å². The highest BCUT2D eigenvalue weighted by molar-refractivity contribution is 6.48. The molecule has 1 rings (SSSR count). The summed E-state index contributed by atoms with van der Waals surface area (Å²) in [7, 11) is -1.07. The number of carbonyl (C=O) groups excluding carboxylic acids is 1. The molecule has 0 saturated carbocycles. The van der Waals surface area contributed by atoms with E-state index in [4.69, 9.17) is 4.43 Å². The van der Waals surface area contributed by atoms with E-state index >= 15 is 0 Å². The molecular weight excluding hydrogens is 276 g/mol. The van der Waals surface area contributed by atoms with Gasteiger partial charge in [-0.05, 0) is 49.3 Å². The van der Waals surface area contributed by atoms with E-state index in [1.165, 1.54) is 6.08 Å². The molecule has 1 unspecified atom stereocenters. The molecule has 0 amide bonds. The predicted molar refractivity (Wildman–Crippen MR) is 92.9 cm³/mol. The minimum absolute atomic E-state index is 0.151. The van der Waals surface area contributed by atoms with Gasteiger partial charge in [-0.2, -0.15) is 0 Å². The lowest BCUT2D eigenvalue weighted by molar-refractivity contribution is -0.104. The van der Waals surface area contributed by atoms with Gasteiger partial charge >= 0.3 is 0 Å². The van der Waals surface area contributed by atoms with Crippen molar-refractivity contribution >= 4 is 15.3 Å². The summed E-state index contributed by atoms with van der Waals surface area (Å²) in [5.74, 6) is 1.01. The van der Waals surface area contributed by atoms with Crippen LogP contribution in [0.5, 0.6) is 0 Å². The van der Waals surface area contributed by atoms with Gasteiger partial charge in [0.15, 0.2) is 9.04 Å². The van der Waals surface area contributed by atoms with Crippen LogP contribution in [0.4, 0.5) is 0 Å². The van der Waals surface area contributed by atoms with Crippen LogP contribution in [0.1, 0.15) is 33.6 Å². The number of hydrogen-bond donors (Lipinski definition) is 0. The summed E-state index contributed by atoms with van der Waals surface area (Å²) in [5.41, 5.74) is 0.151. The fourth-order valence-electron chi connectivity index (χ4n) is 2.98. The van der Waals surface area contributed by atoms with Crippen LogP contribution in [-0.4, -0.2) is 21.4 Å². The van der Waals surface area contributed by atoms with Gasteiger partial charge in [0.1, 0.15) is 6.29 Å². The Morgan fingerprint density at radius 1 is 1.14 bits per heavy atom. The maximum absolute atomic E-state index is 10.3. The van der Waals surface area contributed by atoms with Gasteiger partial charge in [-0.1, -0.05) is 51.2 Å². The van der Waals surface area contributed by atoms with Crippen LogP contribution in [0, 0.1) is 17.3 Å². The Labute approximate surface area is 131 Å². The van der Waals surface area contributed by atoms with Crippen molar-refractivity contribution in [2.45, 2.75) is 52.8 Å². The molecule has 118 valence electrons. The van der Waals surface area contributed by atoms with Crippen molar-refractivity contribution in [3.8, 4) is 0 Å². The van der Waals surface area contributed by atoms with Crippen LogP contribution in [0.2, 0.25) is 13.1 Å². The lowest BCUT2D eigenvalue weighted by Gasteiger charge is -2.42. The minimum atomic E-state index is -1.07. The van der Waals surface area contributed by atoms with Crippen molar-refractivity contribution in [1.82, 2.24) is 0 Å². The molecule has 0 spiro atoms. The Morgan fingerprint density at radius 2 is 1.81 bits per heavy atom. The number of carbonyl (C=O) groups is 1. The molecule has 0 N–H and O–H groups in total. The van der Waals surface area contributed by atoms with Gasteiger partial charge in [-0.15, -0.1) is 0 Å². The fourth-order valence-corrected chi connectivity index (χ4v) is 4.18. The average molecular weight is 307 g/mol. The zero-order valence-electron chi connectivity index (χ0n) is 14.1. The van der Waals surface area contributed by atoms with Crippen LogP contribution in [-0.2, 0) is 9.22 Å². The average Bonchev–Trinajstić information content (AvgIpc) is 2.40. The lowest BCUT2D eigenvalue weighted by Crippen LogP contribution is -2.42. The second-order valence-electron chi connectivity index (χ2n) is 7.15. The molecule has 0 fully saturated rings. The standard InChI is InChI=1S/C18H30O2Si/c1-18(2,3)17(20-21(4)5)16-13-9-8-12-15(16)11-7-6-10-14-19/h6-11,14-17,21H,12-13H2,1-5H3/t15-,16+,17?/m0/s1. The first-order chi connectivity index (χ1) is 9.86. The molecule has 0 aromatic rings. The Bertz CT molecular complexity index is 402. The molecule has 0 aromatic heterocycles. The van der Waals surface area contributed by atoms with E-state index in [0.29, 0.717) is 17.9 Å². The van der Waals surface area contributed by atoms with E-state index in [-0.39, 0.29) is 5.41 Å². The monoisotopic (exact) mass is 306 g/mol. The largest absolute Gasteiger partial charge is 0.417 e. The number of aldehydes is 1. The van der Waals surface area contributed by atoms with Crippen molar-refractivity contribution in [2.24, 2.45) is 17.3 Å². The molecule has 0 aromatic carbocycles. The zero-order valence-corrected chi connectivity index (χ0v) is 15.2. The summed E-state index contributed by atoms with van der Waals surface area (Å²) in [6, 6.07) is 0. The summed E-state index contributed by atoms with van der Waals surface area (Å²) in [6.07, 6.45) is 15.4. The molecule has 0 radical (unpaired) electrons. The Balaban J connectivity index is 2.91. The molecule has 1 aliphatic carbocycles. The minimum Gasteiger partial charge on any atom is -0.417 e. The summed E-state index contributed by atoms with van der Waals surface area (Å²) in [6.45, 7) is 11.3. The Morgan fingerprint density at radius 3 is 2.38 bits per heavy atom. The van der Waals surface area contributed by atoms with E-state index in [1.54, 1.807) is 0 Å². The quantitative estimate of drug-likeness (QED) is 0.240. The van der Waals surface area contributed by atoms with Crippen molar-refractivity contribution in [3.05, 3.63) is 36.5 Å². The van der Waals surface area contributed by atoms with Crippen molar-refractivity contribution in [1.29, 1.82) is 0 Å². The van der Waals surface area contributed by atoms with Gasteiger partial charge in [0.2, 0.25) is 0 Å². The summed E-state index contributed by atoms with van der Waals surface area (Å²) >= 11 is 0. The normalized spacial score (nSPS) is 25.0. The maximum Gasteiger partial charge on any atom is 0.171 e. The summed E-state index contributed by atoms with van der Waals surface area (Å²) in [5, 5.41) is 0. The van der Waals surface area contributed by atoms with Gasteiger partial charge in [-0.25, -0.2) is 0 Å². The zero-order chi connectivity index (χ0) is 15.9. The van der Waals surface area contributed by atoms with Crippen LogP contribution in [0.25, 0.3) is 0 Å².